The first kappa shape index (κ1) is 9.98. The smallest absolute Gasteiger partial charge is 0.230 e. The van der Waals surface area contributed by atoms with Crippen molar-refractivity contribution >= 4 is 39.8 Å². The van der Waals surface area contributed by atoms with Crippen molar-refractivity contribution in [1.82, 2.24) is 5.32 Å². The third-order valence-electron chi connectivity index (χ3n) is 1.47. The van der Waals surface area contributed by atoms with Gasteiger partial charge in [-0.3, -0.25) is 4.79 Å². The van der Waals surface area contributed by atoms with Gasteiger partial charge in [-0.15, -0.1) is 11.3 Å². The lowest BCUT2D eigenvalue weighted by molar-refractivity contribution is -0.118. The molecule has 0 saturated carbocycles. The van der Waals surface area contributed by atoms with Crippen LogP contribution in [-0.2, 0) is 4.79 Å². The fourth-order valence-corrected chi connectivity index (χ4v) is 1.84. The van der Waals surface area contributed by atoms with E-state index < -0.39 is 0 Å². The Bertz CT molecular complexity index is 248. The Morgan fingerprint density at radius 3 is 3.08 bits per heavy atom. The van der Waals surface area contributed by atoms with Gasteiger partial charge in [-0.05, 0) is 18.4 Å². The monoisotopic (exact) mass is 295 g/mol. The van der Waals surface area contributed by atoms with E-state index in [1.807, 2.05) is 24.4 Å². The molecule has 0 fully saturated rings. The molecule has 0 radical (unpaired) electrons. The predicted octanol–water partition coefficient (Wildman–Crippen LogP) is 2.36. The lowest BCUT2D eigenvalue weighted by Crippen LogP contribution is -2.26. The molecule has 1 rings (SSSR count). The summed E-state index contributed by atoms with van der Waals surface area (Å²) in [6.07, 6.45) is 0. The number of rotatable bonds is 3. The van der Waals surface area contributed by atoms with Gasteiger partial charge >= 0.3 is 0 Å². The molecule has 0 bridgehead atoms. The molecule has 1 N–H and O–H groups in total. The molecule has 1 heterocycles. The van der Waals surface area contributed by atoms with Gasteiger partial charge in [0.05, 0.1) is 10.5 Å². The molecule has 0 saturated heterocycles. The number of amides is 1. The number of nitrogens with one attached hydrogen (secondary N) is 1. The van der Waals surface area contributed by atoms with E-state index in [0.717, 1.165) is 0 Å². The fraction of sp³-hybridized carbons (Fsp3) is 0.375. The first-order valence-electron chi connectivity index (χ1n) is 3.62. The Hall–Kier alpha value is -0.100. The van der Waals surface area contributed by atoms with Crippen LogP contribution in [0.3, 0.4) is 0 Å². The second kappa shape index (κ2) is 4.81. The van der Waals surface area contributed by atoms with Gasteiger partial charge in [-0.25, -0.2) is 0 Å². The van der Waals surface area contributed by atoms with Crippen LogP contribution < -0.4 is 5.32 Å². The van der Waals surface area contributed by atoms with Gasteiger partial charge in [0.15, 0.2) is 0 Å². The van der Waals surface area contributed by atoms with E-state index in [2.05, 4.69) is 27.9 Å². The summed E-state index contributed by atoms with van der Waals surface area (Å²) in [4.78, 5) is 12.2. The zero-order chi connectivity index (χ0) is 8.97. The molecule has 66 valence electrons. The second-order valence-corrected chi connectivity index (χ2v) is 4.18. The van der Waals surface area contributed by atoms with Gasteiger partial charge in [-0.1, -0.05) is 28.7 Å². The molecule has 0 aliphatic carbocycles. The number of hydrogen-bond donors (Lipinski definition) is 1. The largest absolute Gasteiger partial charge is 0.348 e. The Morgan fingerprint density at radius 1 is 1.83 bits per heavy atom. The summed E-state index contributed by atoms with van der Waals surface area (Å²) in [7, 11) is 0. The van der Waals surface area contributed by atoms with Gasteiger partial charge in [0.2, 0.25) is 5.91 Å². The summed E-state index contributed by atoms with van der Waals surface area (Å²) < 4.78 is 0.521. The minimum atomic E-state index is 0.0940. The van der Waals surface area contributed by atoms with Crippen LogP contribution in [0, 0.1) is 0 Å². The van der Waals surface area contributed by atoms with Crippen molar-refractivity contribution < 1.29 is 4.79 Å². The van der Waals surface area contributed by atoms with Gasteiger partial charge < -0.3 is 5.32 Å². The molecule has 12 heavy (non-hydrogen) atoms. The highest BCUT2D eigenvalue weighted by Gasteiger charge is 2.08. The normalized spacial score (nSPS) is 12.5. The standard InChI is InChI=1S/C8H10INOS/c1-6(10-8(11)5-9)7-3-2-4-12-7/h2-4,6H,5H2,1H3,(H,10,11). The van der Waals surface area contributed by atoms with Crippen LogP contribution >= 0.6 is 33.9 Å². The van der Waals surface area contributed by atoms with Crippen LogP contribution in [0.1, 0.15) is 17.8 Å². The third kappa shape index (κ3) is 2.75. The third-order valence-corrected chi connectivity index (χ3v) is 3.22. The number of carbonyl (C=O) groups is 1. The van der Waals surface area contributed by atoms with Gasteiger partial charge in [0.25, 0.3) is 0 Å². The summed E-state index contributed by atoms with van der Waals surface area (Å²) >= 11 is 3.72. The molecule has 0 aliphatic rings. The SMILES string of the molecule is CC(NC(=O)CI)c1cccs1. The first-order chi connectivity index (χ1) is 5.74. The minimum Gasteiger partial charge on any atom is -0.348 e. The van der Waals surface area contributed by atoms with Crippen molar-refractivity contribution in [2.24, 2.45) is 0 Å². The summed E-state index contributed by atoms with van der Waals surface area (Å²) in [5, 5.41) is 4.91. The van der Waals surface area contributed by atoms with Gasteiger partial charge in [0, 0.05) is 4.88 Å². The van der Waals surface area contributed by atoms with Crippen LogP contribution in [0.5, 0.6) is 0 Å². The molecular weight excluding hydrogens is 285 g/mol. The quantitative estimate of drug-likeness (QED) is 0.673. The van der Waals surface area contributed by atoms with E-state index in [9.17, 15) is 4.79 Å². The maximum absolute atomic E-state index is 11.0. The number of halogens is 1. The molecule has 1 aromatic heterocycles. The highest BCUT2D eigenvalue weighted by Crippen LogP contribution is 2.17. The van der Waals surface area contributed by atoms with E-state index in [0.29, 0.717) is 4.43 Å². The van der Waals surface area contributed by atoms with Crippen molar-refractivity contribution in [3.8, 4) is 0 Å². The summed E-state index contributed by atoms with van der Waals surface area (Å²) in [5.74, 6) is 0.0940. The Kier molecular flexibility index (Phi) is 4.00. The minimum absolute atomic E-state index is 0.0940. The Balaban J connectivity index is 2.49. The molecule has 1 amide bonds. The average molecular weight is 295 g/mol. The zero-order valence-electron chi connectivity index (χ0n) is 6.71. The van der Waals surface area contributed by atoms with Crippen LogP contribution in [-0.4, -0.2) is 10.3 Å². The van der Waals surface area contributed by atoms with Crippen molar-refractivity contribution in [3.63, 3.8) is 0 Å². The average Bonchev–Trinajstić information content (AvgIpc) is 2.56. The summed E-state index contributed by atoms with van der Waals surface area (Å²) in [6, 6.07) is 4.17. The molecule has 1 atom stereocenters. The molecule has 2 nitrogen and oxygen atoms in total. The Labute approximate surface area is 89.5 Å². The Morgan fingerprint density at radius 2 is 2.58 bits per heavy atom. The van der Waals surface area contributed by atoms with E-state index in [-0.39, 0.29) is 11.9 Å². The lowest BCUT2D eigenvalue weighted by Gasteiger charge is -2.10. The predicted molar refractivity (Wildman–Crippen MR) is 59.8 cm³/mol. The van der Waals surface area contributed by atoms with E-state index >= 15 is 0 Å². The molecule has 1 unspecified atom stereocenters. The van der Waals surface area contributed by atoms with E-state index in [4.69, 9.17) is 0 Å². The lowest BCUT2D eigenvalue weighted by atomic mass is 10.3. The van der Waals surface area contributed by atoms with Crippen molar-refractivity contribution in [2.45, 2.75) is 13.0 Å². The number of alkyl halides is 1. The highest BCUT2D eigenvalue weighted by molar-refractivity contribution is 14.1. The number of carbonyl (C=O) groups excluding carboxylic acids is 1. The molecular formula is C8H10INOS. The van der Waals surface area contributed by atoms with Crippen LogP contribution in [0.15, 0.2) is 17.5 Å². The fourth-order valence-electron chi connectivity index (χ4n) is 0.889. The topological polar surface area (TPSA) is 29.1 Å². The second-order valence-electron chi connectivity index (χ2n) is 2.44. The van der Waals surface area contributed by atoms with Crippen LogP contribution in [0.2, 0.25) is 0 Å². The highest BCUT2D eigenvalue weighted by atomic mass is 127. The van der Waals surface area contributed by atoms with Crippen LogP contribution in [0.25, 0.3) is 0 Å². The zero-order valence-corrected chi connectivity index (χ0v) is 9.68. The molecule has 0 spiro atoms. The van der Waals surface area contributed by atoms with Gasteiger partial charge in [0.1, 0.15) is 0 Å². The molecule has 4 heteroatoms. The van der Waals surface area contributed by atoms with E-state index in [1.54, 1.807) is 11.3 Å². The number of hydrogen-bond acceptors (Lipinski definition) is 2. The summed E-state index contributed by atoms with van der Waals surface area (Å²) in [5.41, 5.74) is 0. The van der Waals surface area contributed by atoms with Crippen LogP contribution in [0.4, 0.5) is 0 Å². The van der Waals surface area contributed by atoms with Crippen molar-refractivity contribution in [1.29, 1.82) is 0 Å². The molecule has 1 aromatic rings. The maximum Gasteiger partial charge on any atom is 0.230 e. The van der Waals surface area contributed by atoms with Crippen molar-refractivity contribution in [3.05, 3.63) is 22.4 Å². The molecule has 0 aliphatic heterocycles. The van der Waals surface area contributed by atoms with Crippen molar-refractivity contribution in [2.75, 3.05) is 4.43 Å². The van der Waals surface area contributed by atoms with Gasteiger partial charge in [-0.2, -0.15) is 0 Å². The molecule has 0 aromatic carbocycles. The maximum atomic E-state index is 11.0. The number of thiophene rings is 1. The first-order valence-corrected chi connectivity index (χ1v) is 6.03. The van der Waals surface area contributed by atoms with E-state index in [1.165, 1.54) is 4.88 Å². The summed E-state index contributed by atoms with van der Waals surface area (Å²) in [6.45, 7) is 2.00.